The van der Waals surface area contributed by atoms with Crippen LogP contribution in [-0.2, 0) is 0 Å². The average molecular weight is 401 g/mol. The normalized spacial score (nSPS) is 12.5. The van der Waals surface area contributed by atoms with E-state index in [4.69, 9.17) is 26.8 Å². The van der Waals surface area contributed by atoms with Gasteiger partial charge < -0.3 is 20.5 Å². The summed E-state index contributed by atoms with van der Waals surface area (Å²) in [6.45, 7) is 0.825. The summed E-state index contributed by atoms with van der Waals surface area (Å²) in [5, 5.41) is 2.94. The molecule has 1 aliphatic heterocycles. The molecular formula is C19H14ClFN4O3. The van der Waals surface area contributed by atoms with Gasteiger partial charge in [-0.15, -0.1) is 0 Å². The summed E-state index contributed by atoms with van der Waals surface area (Å²) in [6, 6.07) is 8.51. The zero-order chi connectivity index (χ0) is 19.7. The van der Waals surface area contributed by atoms with Gasteiger partial charge in [-0.1, -0.05) is 11.6 Å². The number of nitrogens with one attached hydrogen (secondary N) is 1. The van der Waals surface area contributed by atoms with Gasteiger partial charge in [0.25, 0.3) is 5.91 Å². The smallest absolute Gasteiger partial charge is 0.255 e. The zero-order valence-corrected chi connectivity index (χ0v) is 15.2. The predicted octanol–water partition coefficient (Wildman–Crippen LogP) is 3.54. The van der Waals surface area contributed by atoms with Gasteiger partial charge in [0.05, 0.1) is 16.4 Å². The van der Waals surface area contributed by atoms with Crippen LogP contribution in [0.1, 0.15) is 10.4 Å². The number of hydrogen-bond acceptors (Lipinski definition) is 6. The lowest BCUT2D eigenvalue weighted by atomic mass is 10.1. The van der Waals surface area contributed by atoms with E-state index in [0.717, 1.165) is 6.07 Å². The lowest BCUT2D eigenvalue weighted by Gasteiger charge is -2.20. The monoisotopic (exact) mass is 400 g/mol. The summed E-state index contributed by atoms with van der Waals surface area (Å²) >= 11 is 6.21. The van der Waals surface area contributed by atoms with Crippen molar-refractivity contribution in [3.8, 4) is 22.8 Å². The molecule has 1 aromatic heterocycles. The van der Waals surface area contributed by atoms with Gasteiger partial charge >= 0.3 is 0 Å². The number of ether oxygens (including phenoxy) is 2. The van der Waals surface area contributed by atoms with Crippen LogP contribution in [0.2, 0.25) is 5.02 Å². The van der Waals surface area contributed by atoms with Crippen molar-refractivity contribution < 1.29 is 18.7 Å². The van der Waals surface area contributed by atoms with Crippen LogP contribution in [-0.4, -0.2) is 29.1 Å². The van der Waals surface area contributed by atoms with Crippen LogP contribution in [0.25, 0.3) is 11.3 Å². The molecule has 7 nitrogen and oxygen atoms in total. The SMILES string of the molecule is Nc1cc(-c2cc(F)cc(C(=O)Nc3cc4c(cc3Cl)OCCO4)c2)ncn1. The van der Waals surface area contributed by atoms with E-state index in [1.165, 1.54) is 24.5 Å². The number of nitrogens with zero attached hydrogens (tertiary/aromatic N) is 2. The highest BCUT2D eigenvalue weighted by Gasteiger charge is 2.18. The quantitative estimate of drug-likeness (QED) is 0.697. The molecule has 1 aliphatic rings. The number of carbonyl (C=O) groups is 1. The third-order valence-corrected chi connectivity index (χ3v) is 4.34. The fraction of sp³-hybridized carbons (Fsp3) is 0.105. The lowest BCUT2D eigenvalue weighted by Crippen LogP contribution is -2.17. The molecule has 0 spiro atoms. The number of amides is 1. The van der Waals surface area contributed by atoms with Crippen LogP contribution >= 0.6 is 11.6 Å². The Hall–Kier alpha value is -3.39. The molecule has 0 aliphatic carbocycles. The molecule has 0 saturated carbocycles. The molecule has 28 heavy (non-hydrogen) atoms. The number of anilines is 2. The number of carbonyl (C=O) groups excluding carboxylic acids is 1. The van der Waals surface area contributed by atoms with Gasteiger partial charge in [-0.3, -0.25) is 4.79 Å². The third kappa shape index (κ3) is 3.67. The molecule has 2 aromatic carbocycles. The first kappa shape index (κ1) is 18.0. The minimum atomic E-state index is -0.590. The molecule has 0 saturated heterocycles. The molecule has 0 atom stereocenters. The summed E-state index contributed by atoms with van der Waals surface area (Å²) in [6.07, 6.45) is 1.27. The minimum absolute atomic E-state index is 0.0955. The van der Waals surface area contributed by atoms with Gasteiger partial charge in [-0.05, 0) is 18.2 Å². The van der Waals surface area contributed by atoms with E-state index in [9.17, 15) is 9.18 Å². The molecule has 9 heteroatoms. The highest BCUT2D eigenvalue weighted by Crippen LogP contribution is 2.38. The number of nitrogens with two attached hydrogens (primary N) is 1. The number of halogens is 2. The fourth-order valence-electron chi connectivity index (χ4n) is 2.75. The maximum atomic E-state index is 14.1. The molecule has 0 unspecified atom stereocenters. The highest BCUT2D eigenvalue weighted by atomic mass is 35.5. The largest absolute Gasteiger partial charge is 0.486 e. The Balaban J connectivity index is 1.64. The van der Waals surface area contributed by atoms with E-state index in [2.05, 4.69) is 15.3 Å². The summed E-state index contributed by atoms with van der Waals surface area (Å²) in [4.78, 5) is 20.5. The van der Waals surface area contributed by atoms with Crippen LogP contribution in [0.5, 0.6) is 11.5 Å². The number of aromatic nitrogens is 2. The molecule has 1 amide bonds. The second-order valence-electron chi connectivity index (χ2n) is 5.99. The Morgan fingerprint density at radius 2 is 1.82 bits per heavy atom. The van der Waals surface area contributed by atoms with E-state index in [1.807, 2.05) is 0 Å². The molecule has 0 radical (unpaired) electrons. The molecule has 142 valence electrons. The Bertz CT molecular complexity index is 1080. The van der Waals surface area contributed by atoms with Gasteiger partial charge in [0.1, 0.15) is 31.2 Å². The maximum absolute atomic E-state index is 14.1. The molecule has 3 N–H and O–H groups in total. The van der Waals surface area contributed by atoms with Crippen molar-refractivity contribution in [2.75, 3.05) is 24.3 Å². The zero-order valence-electron chi connectivity index (χ0n) is 14.4. The third-order valence-electron chi connectivity index (χ3n) is 4.02. The number of hydrogen-bond donors (Lipinski definition) is 2. The average Bonchev–Trinajstić information content (AvgIpc) is 2.68. The van der Waals surface area contributed by atoms with Crippen molar-refractivity contribution >= 4 is 29.0 Å². The fourth-order valence-corrected chi connectivity index (χ4v) is 2.95. The molecule has 3 aromatic rings. The summed E-state index contributed by atoms with van der Waals surface area (Å²) in [5.74, 6) is 0.0868. The van der Waals surface area contributed by atoms with E-state index < -0.39 is 11.7 Å². The lowest BCUT2D eigenvalue weighted by molar-refractivity contribution is 0.102. The Kier molecular flexibility index (Phi) is 4.70. The van der Waals surface area contributed by atoms with Gasteiger partial charge in [-0.2, -0.15) is 0 Å². The standard InChI is InChI=1S/C19H14ClFN4O3/c20-13-6-16-17(28-2-1-27-16)7-15(13)25-19(26)11-3-10(4-12(21)5-11)14-8-18(22)24-9-23-14/h3-9H,1-2H2,(H,25,26)(H2,22,23,24). The topological polar surface area (TPSA) is 99.4 Å². The van der Waals surface area contributed by atoms with Gasteiger partial charge in [-0.25, -0.2) is 14.4 Å². The summed E-state index contributed by atoms with van der Waals surface area (Å²) < 4.78 is 25.0. The van der Waals surface area contributed by atoms with Crippen molar-refractivity contribution in [3.63, 3.8) is 0 Å². The van der Waals surface area contributed by atoms with Crippen LogP contribution in [0.15, 0.2) is 42.7 Å². The maximum Gasteiger partial charge on any atom is 0.255 e. The van der Waals surface area contributed by atoms with Crippen molar-refractivity contribution in [3.05, 3.63) is 59.1 Å². The van der Waals surface area contributed by atoms with Crippen LogP contribution in [0.3, 0.4) is 0 Å². The summed E-state index contributed by atoms with van der Waals surface area (Å²) in [7, 11) is 0. The first-order valence-corrected chi connectivity index (χ1v) is 8.66. The number of nitrogen functional groups attached to an aromatic ring is 1. The molecule has 2 heterocycles. The van der Waals surface area contributed by atoms with Crippen LogP contribution in [0, 0.1) is 5.82 Å². The summed E-state index contributed by atoms with van der Waals surface area (Å²) in [5.41, 5.74) is 6.87. The van der Waals surface area contributed by atoms with Gasteiger partial charge in [0, 0.05) is 29.3 Å². The molecule has 0 fully saturated rings. The number of rotatable bonds is 3. The highest BCUT2D eigenvalue weighted by molar-refractivity contribution is 6.34. The second-order valence-corrected chi connectivity index (χ2v) is 6.39. The van der Waals surface area contributed by atoms with Gasteiger partial charge in [0.2, 0.25) is 0 Å². The first-order chi connectivity index (χ1) is 13.5. The van der Waals surface area contributed by atoms with Crippen LogP contribution < -0.4 is 20.5 Å². The van der Waals surface area contributed by atoms with Gasteiger partial charge in [0.15, 0.2) is 11.5 Å². The van der Waals surface area contributed by atoms with Crippen molar-refractivity contribution in [1.82, 2.24) is 9.97 Å². The minimum Gasteiger partial charge on any atom is -0.486 e. The van der Waals surface area contributed by atoms with E-state index in [-0.39, 0.29) is 16.4 Å². The number of benzene rings is 2. The van der Waals surface area contributed by atoms with E-state index in [1.54, 1.807) is 12.1 Å². The first-order valence-electron chi connectivity index (χ1n) is 8.28. The van der Waals surface area contributed by atoms with Crippen LogP contribution in [0.4, 0.5) is 15.9 Å². The van der Waals surface area contributed by atoms with Crippen molar-refractivity contribution in [1.29, 1.82) is 0 Å². The molecule has 4 rings (SSSR count). The Labute approximate surface area is 164 Å². The molecule has 0 bridgehead atoms. The van der Waals surface area contributed by atoms with E-state index in [0.29, 0.717) is 41.7 Å². The molecular weight excluding hydrogens is 387 g/mol. The Morgan fingerprint density at radius 1 is 1.07 bits per heavy atom. The van der Waals surface area contributed by atoms with E-state index >= 15 is 0 Å². The van der Waals surface area contributed by atoms with Crippen molar-refractivity contribution in [2.45, 2.75) is 0 Å². The predicted molar refractivity (Wildman–Crippen MR) is 102 cm³/mol. The Morgan fingerprint density at radius 3 is 2.57 bits per heavy atom. The van der Waals surface area contributed by atoms with Crippen molar-refractivity contribution in [2.24, 2.45) is 0 Å². The second kappa shape index (κ2) is 7.32. The number of fused-ring (bicyclic) bond motifs is 1.